The standard InChI is InChI=1S/C7H15N3O/c8-3-1-6-2-4-10(5-6)7(9)11/h6H,1-5,8H2,(H2,9,11). The van der Waals surface area contributed by atoms with Gasteiger partial charge >= 0.3 is 6.03 Å². The summed E-state index contributed by atoms with van der Waals surface area (Å²) in [6.45, 7) is 2.31. The number of nitrogens with two attached hydrogens (primary N) is 2. The Kier molecular flexibility index (Phi) is 2.70. The fraction of sp³-hybridized carbons (Fsp3) is 0.857. The van der Waals surface area contributed by atoms with E-state index in [1.807, 2.05) is 0 Å². The molecule has 0 radical (unpaired) electrons. The smallest absolute Gasteiger partial charge is 0.314 e. The molecule has 0 spiro atoms. The van der Waals surface area contributed by atoms with E-state index < -0.39 is 0 Å². The summed E-state index contributed by atoms with van der Waals surface area (Å²) in [5.41, 5.74) is 10.5. The highest BCUT2D eigenvalue weighted by molar-refractivity contribution is 5.72. The molecule has 1 aliphatic rings. The van der Waals surface area contributed by atoms with Crippen molar-refractivity contribution in [1.29, 1.82) is 0 Å². The third-order valence-corrected chi connectivity index (χ3v) is 2.17. The summed E-state index contributed by atoms with van der Waals surface area (Å²) < 4.78 is 0. The first-order chi connectivity index (χ1) is 5.24. The van der Waals surface area contributed by atoms with Gasteiger partial charge in [0.1, 0.15) is 0 Å². The summed E-state index contributed by atoms with van der Waals surface area (Å²) >= 11 is 0. The highest BCUT2D eigenvalue weighted by Crippen LogP contribution is 2.17. The van der Waals surface area contributed by atoms with Crippen molar-refractivity contribution in [2.75, 3.05) is 19.6 Å². The zero-order valence-electron chi connectivity index (χ0n) is 6.62. The molecule has 0 saturated carbocycles. The van der Waals surface area contributed by atoms with E-state index in [9.17, 15) is 4.79 Å². The topological polar surface area (TPSA) is 72.3 Å². The molecule has 1 aliphatic heterocycles. The van der Waals surface area contributed by atoms with Crippen LogP contribution in [0.25, 0.3) is 0 Å². The SMILES string of the molecule is NCCC1CCN(C(N)=O)C1. The van der Waals surface area contributed by atoms with Crippen LogP contribution >= 0.6 is 0 Å². The first-order valence-electron chi connectivity index (χ1n) is 3.98. The average molecular weight is 157 g/mol. The second-order valence-corrected chi connectivity index (χ2v) is 3.02. The predicted octanol–water partition coefficient (Wildman–Crippen LogP) is -0.264. The van der Waals surface area contributed by atoms with Crippen molar-refractivity contribution in [2.45, 2.75) is 12.8 Å². The molecule has 0 bridgehead atoms. The van der Waals surface area contributed by atoms with Crippen molar-refractivity contribution in [1.82, 2.24) is 4.90 Å². The van der Waals surface area contributed by atoms with Gasteiger partial charge in [-0.1, -0.05) is 0 Å². The number of primary amides is 1. The van der Waals surface area contributed by atoms with Crippen molar-refractivity contribution < 1.29 is 4.79 Å². The molecular formula is C7H15N3O. The Morgan fingerprint density at radius 1 is 1.64 bits per heavy atom. The molecule has 0 aromatic heterocycles. The van der Waals surface area contributed by atoms with Crippen LogP contribution in [0.5, 0.6) is 0 Å². The highest BCUT2D eigenvalue weighted by Gasteiger charge is 2.23. The molecule has 2 amide bonds. The second-order valence-electron chi connectivity index (χ2n) is 3.02. The fourth-order valence-corrected chi connectivity index (χ4v) is 1.50. The number of rotatable bonds is 2. The van der Waals surface area contributed by atoms with Crippen LogP contribution in [-0.4, -0.2) is 30.6 Å². The van der Waals surface area contributed by atoms with E-state index >= 15 is 0 Å². The molecule has 1 rings (SSSR count). The van der Waals surface area contributed by atoms with E-state index in [1.54, 1.807) is 4.90 Å². The summed E-state index contributed by atoms with van der Waals surface area (Å²) in [5.74, 6) is 0.576. The van der Waals surface area contributed by atoms with Gasteiger partial charge in [0.25, 0.3) is 0 Å². The van der Waals surface area contributed by atoms with Gasteiger partial charge in [0.05, 0.1) is 0 Å². The molecule has 1 atom stereocenters. The van der Waals surface area contributed by atoms with Crippen molar-refractivity contribution in [3.8, 4) is 0 Å². The van der Waals surface area contributed by atoms with Gasteiger partial charge in [-0.05, 0) is 25.3 Å². The van der Waals surface area contributed by atoms with Gasteiger partial charge in [0, 0.05) is 13.1 Å². The van der Waals surface area contributed by atoms with Gasteiger partial charge in [-0.15, -0.1) is 0 Å². The van der Waals surface area contributed by atoms with E-state index in [0.717, 1.165) is 25.9 Å². The number of carbonyl (C=O) groups is 1. The lowest BCUT2D eigenvalue weighted by atomic mass is 10.1. The molecule has 4 N–H and O–H groups in total. The van der Waals surface area contributed by atoms with Gasteiger partial charge in [-0.25, -0.2) is 4.79 Å². The van der Waals surface area contributed by atoms with Crippen molar-refractivity contribution in [3.05, 3.63) is 0 Å². The number of urea groups is 1. The first kappa shape index (κ1) is 8.33. The molecular weight excluding hydrogens is 142 g/mol. The molecule has 11 heavy (non-hydrogen) atoms. The summed E-state index contributed by atoms with van der Waals surface area (Å²) in [6, 6.07) is -0.301. The highest BCUT2D eigenvalue weighted by atomic mass is 16.2. The number of nitrogens with zero attached hydrogens (tertiary/aromatic N) is 1. The zero-order chi connectivity index (χ0) is 8.27. The van der Waals surface area contributed by atoms with Crippen molar-refractivity contribution >= 4 is 6.03 Å². The van der Waals surface area contributed by atoms with Gasteiger partial charge in [-0.2, -0.15) is 0 Å². The summed E-state index contributed by atoms with van der Waals surface area (Å²) in [7, 11) is 0. The first-order valence-corrected chi connectivity index (χ1v) is 3.98. The minimum Gasteiger partial charge on any atom is -0.351 e. The maximum Gasteiger partial charge on any atom is 0.314 e. The molecule has 0 aromatic rings. The minimum atomic E-state index is -0.301. The van der Waals surface area contributed by atoms with Crippen molar-refractivity contribution in [3.63, 3.8) is 0 Å². The Balaban J connectivity index is 2.29. The molecule has 64 valence electrons. The van der Waals surface area contributed by atoms with E-state index in [0.29, 0.717) is 12.5 Å². The third-order valence-electron chi connectivity index (χ3n) is 2.17. The van der Waals surface area contributed by atoms with Crippen LogP contribution in [0.15, 0.2) is 0 Å². The second kappa shape index (κ2) is 3.57. The largest absolute Gasteiger partial charge is 0.351 e. The molecule has 1 heterocycles. The van der Waals surface area contributed by atoms with Gasteiger partial charge in [-0.3, -0.25) is 0 Å². The molecule has 1 fully saturated rings. The van der Waals surface area contributed by atoms with Gasteiger partial charge in [0.15, 0.2) is 0 Å². The minimum absolute atomic E-state index is 0.301. The lowest BCUT2D eigenvalue weighted by Gasteiger charge is -2.12. The predicted molar refractivity (Wildman–Crippen MR) is 42.9 cm³/mol. The number of amides is 2. The molecule has 4 nitrogen and oxygen atoms in total. The van der Waals surface area contributed by atoms with Crippen LogP contribution in [0.4, 0.5) is 4.79 Å². The number of hydrogen-bond acceptors (Lipinski definition) is 2. The Hall–Kier alpha value is -0.770. The van der Waals surface area contributed by atoms with E-state index in [1.165, 1.54) is 0 Å². The normalized spacial score (nSPS) is 24.1. The Morgan fingerprint density at radius 2 is 2.36 bits per heavy atom. The van der Waals surface area contributed by atoms with E-state index in [4.69, 9.17) is 11.5 Å². The van der Waals surface area contributed by atoms with Gasteiger partial charge < -0.3 is 16.4 Å². The van der Waals surface area contributed by atoms with Crippen LogP contribution in [-0.2, 0) is 0 Å². The van der Waals surface area contributed by atoms with Crippen LogP contribution in [0, 0.1) is 5.92 Å². The monoisotopic (exact) mass is 157 g/mol. The quantitative estimate of drug-likeness (QED) is 0.579. The Bertz CT molecular complexity index is 149. The van der Waals surface area contributed by atoms with Crippen LogP contribution in [0.3, 0.4) is 0 Å². The Morgan fingerprint density at radius 3 is 2.82 bits per heavy atom. The number of carbonyl (C=O) groups excluding carboxylic acids is 1. The fourth-order valence-electron chi connectivity index (χ4n) is 1.50. The maximum absolute atomic E-state index is 10.7. The summed E-state index contributed by atoms with van der Waals surface area (Å²) in [5, 5.41) is 0. The molecule has 1 unspecified atom stereocenters. The molecule has 0 aliphatic carbocycles. The van der Waals surface area contributed by atoms with E-state index in [2.05, 4.69) is 0 Å². The van der Waals surface area contributed by atoms with Crippen LogP contribution in [0.2, 0.25) is 0 Å². The van der Waals surface area contributed by atoms with E-state index in [-0.39, 0.29) is 6.03 Å². The molecule has 1 saturated heterocycles. The zero-order valence-corrected chi connectivity index (χ0v) is 6.62. The summed E-state index contributed by atoms with van der Waals surface area (Å²) in [4.78, 5) is 12.3. The third kappa shape index (κ3) is 2.08. The van der Waals surface area contributed by atoms with Crippen molar-refractivity contribution in [2.24, 2.45) is 17.4 Å². The Labute approximate surface area is 66.5 Å². The lowest BCUT2D eigenvalue weighted by molar-refractivity contribution is 0.216. The molecule has 0 aromatic carbocycles. The summed E-state index contributed by atoms with van der Waals surface area (Å²) in [6.07, 6.45) is 2.06. The average Bonchev–Trinajstić information content (AvgIpc) is 2.37. The van der Waals surface area contributed by atoms with Crippen LogP contribution < -0.4 is 11.5 Å². The number of hydrogen-bond donors (Lipinski definition) is 2. The maximum atomic E-state index is 10.7. The van der Waals surface area contributed by atoms with Crippen LogP contribution in [0.1, 0.15) is 12.8 Å². The lowest BCUT2D eigenvalue weighted by Crippen LogP contribution is -2.33. The van der Waals surface area contributed by atoms with Gasteiger partial charge in [0.2, 0.25) is 0 Å². The molecule has 4 heteroatoms. The number of likely N-dealkylation sites (tertiary alicyclic amines) is 1.